The highest BCUT2D eigenvalue weighted by Gasteiger charge is 2.15. The summed E-state index contributed by atoms with van der Waals surface area (Å²) in [5, 5.41) is 3.27. The third-order valence-corrected chi connectivity index (χ3v) is 3.52. The van der Waals surface area contributed by atoms with Crippen LogP contribution in [0.5, 0.6) is 0 Å². The lowest BCUT2D eigenvalue weighted by Gasteiger charge is -2.13. The first-order valence-electron chi connectivity index (χ1n) is 6.70. The van der Waals surface area contributed by atoms with Gasteiger partial charge in [-0.15, -0.1) is 0 Å². The van der Waals surface area contributed by atoms with E-state index in [0.717, 1.165) is 35.2 Å². The Kier molecular flexibility index (Phi) is 5.06. The van der Waals surface area contributed by atoms with Crippen LogP contribution in [0.4, 0.5) is 10.2 Å². The largest absolute Gasteiger partial charge is 0.370 e. The maximum atomic E-state index is 14.1. The van der Waals surface area contributed by atoms with E-state index in [0.29, 0.717) is 11.3 Å². The molecule has 0 fully saturated rings. The quantitative estimate of drug-likeness (QED) is 0.876. The SMILES string of the molecule is CCCNc1ncnc(-c2cc(Br)ccc2F)c1CC. The molecule has 0 unspecified atom stereocenters. The van der Waals surface area contributed by atoms with Crippen molar-refractivity contribution in [2.75, 3.05) is 11.9 Å². The van der Waals surface area contributed by atoms with E-state index in [9.17, 15) is 4.39 Å². The monoisotopic (exact) mass is 337 g/mol. The Labute approximate surface area is 126 Å². The Morgan fingerprint density at radius 1 is 1.25 bits per heavy atom. The summed E-state index contributed by atoms with van der Waals surface area (Å²) in [6, 6.07) is 4.88. The summed E-state index contributed by atoms with van der Waals surface area (Å²) >= 11 is 3.37. The number of hydrogen-bond acceptors (Lipinski definition) is 3. The van der Waals surface area contributed by atoms with Gasteiger partial charge in [-0.2, -0.15) is 0 Å². The average Bonchev–Trinajstić information content (AvgIpc) is 2.47. The van der Waals surface area contributed by atoms with Crippen molar-refractivity contribution < 1.29 is 4.39 Å². The molecule has 5 heteroatoms. The lowest BCUT2D eigenvalue weighted by atomic mass is 10.0. The molecule has 0 bridgehead atoms. The van der Waals surface area contributed by atoms with Crippen molar-refractivity contribution in [1.29, 1.82) is 0 Å². The van der Waals surface area contributed by atoms with Gasteiger partial charge < -0.3 is 5.32 Å². The standard InChI is InChI=1S/C15H17BrFN3/c1-3-7-18-15-11(4-2)14(19-9-20-15)12-8-10(16)5-6-13(12)17/h5-6,8-9H,3-4,7H2,1-2H3,(H,18,19,20). The van der Waals surface area contributed by atoms with Crippen molar-refractivity contribution in [3.8, 4) is 11.3 Å². The van der Waals surface area contributed by atoms with Gasteiger partial charge in [0.25, 0.3) is 0 Å². The fourth-order valence-electron chi connectivity index (χ4n) is 2.05. The predicted molar refractivity (Wildman–Crippen MR) is 83.3 cm³/mol. The molecule has 1 aromatic heterocycles. The lowest BCUT2D eigenvalue weighted by molar-refractivity contribution is 0.630. The summed E-state index contributed by atoms with van der Waals surface area (Å²) in [6.45, 7) is 4.95. The number of rotatable bonds is 5. The van der Waals surface area contributed by atoms with E-state index in [4.69, 9.17) is 0 Å². The maximum absolute atomic E-state index is 14.1. The van der Waals surface area contributed by atoms with Gasteiger partial charge >= 0.3 is 0 Å². The van der Waals surface area contributed by atoms with E-state index in [1.807, 2.05) is 6.92 Å². The number of aromatic nitrogens is 2. The molecule has 3 nitrogen and oxygen atoms in total. The second-order valence-electron chi connectivity index (χ2n) is 4.45. The lowest BCUT2D eigenvalue weighted by Crippen LogP contribution is -2.07. The smallest absolute Gasteiger partial charge is 0.133 e. The normalized spacial score (nSPS) is 10.6. The van der Waals surface area contributed by atoms with Crippen LogP contribution in [0.15, 0.2) is 29.0 Å². The van der Waals surface area contributed by atoms with Crippen LogP contribution in [0.3, 0.4) is 0 Å². The van der Waals surface area contributed by atoms with E-state index in [1.165, 1.54) is 12.4 Å². The van der Waals surface area contributed by atoms with E-state index >= 15 is 0 Å². The Morgan fingerprint density at radius 3 is 2.75 bits per heavy atom. The first-order valence-corrected chi connectivity index (χ1v) is 7.49. The Bertz CT molecular complexity index is 602. The first kappa shape index (κ1) is 14.9. The van der Waals surface area contributed by atoms with Crippen molar-refractivity contribution in [3.05, 3.63) is 40.4 Å². The van der Waals surface area contributed by atoms with Gasteiger partial charge in [-0.3, -0.25) is 0 Å². The number of halogens is 2. The second kappa shape index (κ2) is 6.79. The van der Waals surface area contributed by atoms with Gasteiger partial charge in [0.15, 0.2) is 0 Å². The molecule has 0 aliphatic heterocycles. The molecule has 1 aromatic carbocycles. The molecule has 1 N–H and O–H groups in total. The van der Waals surface area contributed by atoms with E-state index < -0.39 is 0 Å². The highest BCUT2D eigenvalue weighted by molar-refractivity contribution is 9.10. The van der Waals surface area contributed by atoms with Gasteiger partial charge in [0.2, 0.25) is 0 Å². The van der Waals surface area contributed by atoms with Crippen LogP contribution in [0.25, 0.3) is 11.3 Å². The summed E-state index contributed by atoms with van der Waals surface area (Å²) < 4.78 is 14.9. The van der Waals surface area contributed by atoms with Crippen LogP contribution in [0, 0.1) is 5.82 Å². The minimum atomic E-state index is -0.275. The van der Waals surface area contributed by atoms with Gasteiger partial charge in [0.05, 0.1) is 5.69 Å². The third-order valence-electron chi connectivity index (χ3n) is 3.02. The van der Waals surface area contributed by atoms with Crippen molar-refractivity contribution in [3.63, 3.8) is 0 Å². The molecule has 106 valence electrons. The zero-order chi connectivity index (χ0) is 14.5. The zero-order valence-corrected chi connectivity index (χ0v) is 13.2. The van der Waals surface area contributed by atoms with E-state index in [2.05, 4.69) is 38.1 Å². The molecule has 0 aliphatic carbocycles. The summed E-state index contributed by atoms with van der Waals surface area (Å²) in [5.74, 6) is 0.516. The average molecular weight is 338 g/mol. The summed E-state index contributed by atoms with van der Waals surface area (Å²) in [4.78, 5) is 8.55. The summed E-state index contributed by atoms with van der Waals surface area (Å²) in [5.41, 5.74) is 2.09. The summed E-state index contributed by atoms with van der Waals surface area (Å²) in [7, 11) is 0. The molecular formula is C15H17BrFN3. The molecule has 0 saturated carbocycles. The van der Waals surface area contributed by atoms with Gasteiger partial charge in [-0.25, -0.2) is 14.4 Å². The van der Waals surface area contributed by atoms with Crippen molar-refractivity contribution in [1.82, 2.24) is 9.97 Å². The fraction of sp³-hybridized carbons (Fsp3) is 0.333. The molecule has 20 heavy (non-hydrogen) atoms. The predicted octanol–water partition coefficient (Wildman–Crippen LogP) is 4.43. The topological polar surface area (TPSA) is 37.8 Å². The van der Waals surface area contributed by atoms with Gasteiger partial charge in [-0.05, 0) is 31.0 Å². The fourth-order valence-corrected chi connectivity index (χ4v) is 2.42. The molecule has 0 spiro atoms. The number of benzene rings is 1. The molecular weight excluding hydrogens is 321 g/mol. The molecule has 2 aromatic rings. The van der Waals surface area contributed by atoms with E-state index in [-0.39, 0.29) is 5.82 Å². The third kappa shape index (κ3) is 3.15. The number of nitrogens with one attached hydrogen (secondary N) is 1. The highest BCUT2D eigenvalue weighted by atomic mass is 79.9. The molecule has 0 aliphatic rings. The minimum absolute atomic E-state index is 0.275. The van der Waals surface area contributed by atoms with Crippen molar-refractivity contribution >= 4 is 21.7 Å². The van der Waals surface area contributed by atoms with Crippen molar-refractivity contribution in [2.45, 2.75) is 26.7 Å². The Balaban J connectivity index is 2.53. The highest BCUT2D eigenvalue weighted by Crippen LogP contribution is 2.30. The van der Waals surface area contributed by atoms with Crippen LogP contribution in [0.1, 0.15) is 25.8 Å². The first-order chi connectivity index (χ1) is 9.67. The Morgan fingerprint density at radius 2 is 2.05 bits per heavy atom. The zero-order valence-electron chi connectivity index (χ0n) is 11.6. The summed E-state index contributed by atoms with van der Waals surface area (Å²) in [6.07, 6.45) is 3.23. The number of anilines is 1. The van der Waals surface area contributed by atoms with Crippen LogP contribution in [-0.2, 0) is 6.42 Å². The van der Waals surface area contributed by atoms with Gasteiger partial charge in [0, 0.05) is 22.1 Å². The minimum Gasteiger partial charge on any atom is -0.370 e. The molecule has 1 heterocycles. The molecule has 0 saturated heterocycles. The number of hydrogen-bond donors (Lipinski definition) is 1. The maximum Gasteiger partial charge on any atom is 0.133 e. The van der Waals surface area contributed by atoms with Gasteiger partial charge in [0.1, 0.15) is 18.0 Å². The molecule has 2 rings (SSSR count). The van der Waals surface area contributed by atoms with Crippen LogP contribution in [-0.4, -0.2) is 16.5 Å². The molecule has 0 atom stereocenters. The van der Waals surface area contributed by atoms with Gasteiger partial charge in [-0.1, -0.05) is 29.8 Å². The van der Waals surface area contributed by atoms with Crippen LogP contribution < -0.4 is 5.32 Å². The van der Waals surface area contributed by atoms with Crippen molar-refractivity contribution in [2.24, 2.45) is 0 Å². The van der Waals surface area contributed by atoms with E-state index in [1.54, 1.807) is 12.1 Å². The van der Waals surface area contributed by atoms with Crippen LogP contribution in [0.2, 0.25) is 0 Å². The van der Waals surface area contributed by atoms with Crippen LogP contribution >= 0.6 is 15.9 Å². The molecule has 0 radical (unpaired) electrons. The second-order valence-corrected chi connectivity index (χ2v) is 5.37. The Hall–Kier alpha value is -1.49. The number of nitrogens with zero attached hydrogens (tertiary/aromatic N) is 2. The molecule has 0 amide bonds.